The van der Waals surface area contributed by atoms with Crippen molar-refractivity contribution in [2.75, 3.05) is 34.0 Å². The van der Waals surface area contributed by atoms with Gasteiger partial charge in [-0.1, -0.05) is 48.5 Å². The summed E-state index contributed by atoms with van der Waals surface area (Å²) in [7, 11) is 3.08. The average Bonchev–Trinajstić information content (AvgIpc) is 2.94. The number of hydrogen-bond acceptors (Lipinski definition) is 5. The van der Waals surface area contributed by atoms with Gasteiger partial charge in [0.2, 0.25) is 11.8 Å². The molecular weight excluding hydrogens is 487 g/mol. The lowest BCUT2D eigenvalue weighted by molar-refractivity contribution is -0.141. The molecule has 0 bridgehead atoms. The van der Waals surface area contributed by atoms with Gasteiger partial charge in [0.1, 0.15) is 11.9 Å². The first-order valence-electron chi connectivity index (χ1n) is 12.6. The Morgan fingerprint density at radius 2 is 1.61 bits per heavy atom. The van der Waals surface area contributed by atoms with Gasteiger partial charge >= 0.3 is 0 Å². The number of hydrogen-bond donors (Lipinski definition) is 1. The summed E-state index contributed by atoms with van der Waals surface area (Å²) in [4.78, 5) is 29.0. The Balaban J connectivity index is 1.94. The Kier molecular flexibility index (Phi) is 11.1. The number of nitrogens with zero attached hydrogens (tertiary/aromatic N) is 1. The maximum Gasteiger partial charge on any atom is 0.247 e. The average molecular weight is 523 g/mol. The SMILES string of the molecule is CCOCCCNC(=O)[C@@H](c1ccccc1)N(Cc1ccc(F)cc1)C(=O)Cc1ccc(OC)c(OC)c1. The highest BCUT2D eigenvalue weighted by molar-refractivity contribution is 5.89. The largest absolute Gasteiger partial charge is 0.493 e. The normalized spacial score (nSPS) is 11.5. The number of methoxy groups -OCH3 is 2. The molecule has 0 radical (unpaired) electrons. The van der Waals surface area contributed by atoms with Crippen LogP contribution >= 0.6 is 0 Å². The Hall–Kier alpha value is -3.91. The zero-order valence-electron chi connectivity index (χ0n) is 22.1. The van der Waals surface area contributed by atoms with Crippen LogP contribution in [0.3, 0.4) is 0 Å². The first kappa shape index (κ1) is 28.7. The zero-order chi connectivity index (χ0) is 27.3. The molecule has 0 unspecified atom stereocenters. The van der Waals surface area contributed by atoms with Gasteiger partial charge < -0.3 is 24.4 Å². The highest BCUT2D eigenvalue weighted by Gasteiger charge is 2.31. The van der Waals surface area contributed by atoms with Crippen LogP contribution in [0.4, 0.5) is 4.39 Å². The van der Waals surface area contributed by atoms with Gasteiger partial charge in [-0.15, -0.1) is 0 Å². The lowest BCUT2D eigenvalue weighted by Crippen LogP contribution is -2.44. The molecule has 7 nitrogen and oxygen atoms in total. The number of amides is 2. The maximum atomic E-state index is 13.9. The minimum atomic E-state index is -0.888. The van der Waals surface area contributed by atoms with Crippen molar-refractivity contribution >= 4 is 11.8 Å². The molecule has 0 fully saturated rings. The van der Waals surface area contributed by atoms with Gasteiger partial charge in [0, 0.05) is 26.3 Å². The lowest BCUT2D eigenvalue weighted by Gasteiger charge is -2.32. The minimum absolute atomic E-state index is 0.0303. The number of carbonyl (C=O) groups is 2. The van der Waals surface area contributed by atoms with Gasteiger partial charge in [-0.25, -0.2) is 4.39 Å². The number of benzene rings is 3. The van der Waals surface area contributed by atoms with E-state index in [1.54, 1.807) is 37.4 Å². The van der Waals surface area contributed by atoms with Gasteiger partial charge in [0.25, 0.3) is 0 Å². The van der Waals surface area contributed by atoms with Crippen molar-refractivity contribution in [3.8, 4) is 11.5 Å². The van der Waals surface area contributed by atoms with Crippen LogP contribution in [0.25, 0.3) is 0 Å². The third kappa shape index (κ3) is 8.05. The summed E-state index contributed by atoms with van der Waals surface area (Å²) in [5.74, 6) is 0.133. The molecule has 3 aromatic rings. The van der Waals surface area contributed by atoms with Crippen LogP contribution in [0.2, 0.25) is 0 Å². The lowest BCUT2D eigenvalue weighted by atomic mass is 10.0. The molecular formula is C30H35FN2O5. The number of carbonyl (C=O) groups excluding carboxylic acids is 2. The number of halogens is 1. The van der Waals surface area contributed by atoms with Crippen molar-refractivity contribution in [3.05, 3.63) is 95.3 Å². The fraction of sp³-hybridized carbons (Fsp3) is 0.333. The first-order chi connectivity index (χ1) is 18.5. The van der Waals surface area contributed by atoms with Gasteiger partial charge in [-0.3, -0.25) is 9.59 Å². The molecule has 0 aliphatic heterocycles. The van der Waals surface area contributed by atoms with Crippen LogP contribution in [0, 0.1) is 5.82 Å². The molecule has 8 heteroatoms. The highest BCUT2D eigenvalue weighted by atomic mass is 19.1. The Bertz CT molecular complexity index is 1170. The molecule has 3 rings (SSSR count). The predicted octanol–water partition coefficient (Wildman–Crippen LogP) is 4.70. The van der Waals surface area contributed by atoms with Crippen molar-refractivity contribution in [2.24, 2.45) is 0 Å². The fourth-order valence-corrected chi connectivity index (χ4v) is 4.11. The number of rotatable bonds is 14. The molecule has 0 saturated carbocycles. The van der Waals surface area contributed by atoms with Crippen molar-refractivity contribution < 1.29 is 28.2 Å². The summed E-state index contributed by atoms with van der Waals surface area (Å²) in [6, 6.07) is 19.5. The van der Waals surface area contributed by atoms with Gasteiger partial charge in [0.15, 0.2) is 11.5 Å². The number of ether oxygens (including phenoxy) is 3. The van der Waals surface area contributed by atoms with Crippen molar-refractivity contribution in [2.45, 2.75) is 32.4 Å². The Labute approximate surface area is 223 Å². The van der Waals surface area contributed by atoms with Gasteiger partial charge in [-0.2, -0.15) is 0 Å². The van der Waals surface area contributed by atoms with Crippen LogP contribution in [0.1, 0.15) is 36.1 Å². The molecule has 38 heavy (non-hydrogen) atoms. The van der Waals surface area contributed by atoms with Crippen LogP contribution in [0.5, 0.6) is 11.5 Å². The molecule has 202 valence electrons. The maximum absolute atomic E-state index is 13.9. The van der Waals surface area contributed by atoms with E-state index in [4.69, 9.17) is 14.2 Å². The third-order valence-corrected chi connectivity index (χ3v) is 6.03. The molecule has 0 aliphatic carbocycles. The second kappa shape index (κ2) is 14.7. The first-order valence-corrected chi connectivity index (χ1v) is 12.6. The summed E-state index contributed by atoms with van der Waals surface area (Å²) in [5.41, 5.74) is 2.09. The van der Waals surface area contributed by atoms with E-state index in [9.17, 15) is 14.0 Å². The van der Waals surface area contributed by atoms with E-state index >= 15 is 0 Å². The van der Waals surface area contributed by atoms with Crippen LogP contribution < -0.4 is 14.8 Å². The monoisotopic (exact) mass is 522 g/mol. The van der Waals surface area contributed by atoms with Crippen molar-refractivity contribution in [1.82, 2.24) is 10.2 Å². The molecule has 2 amide bonds. The Morgan fingerprint density at radius 3 is 2.26 bits per heavy atom. The second-order valence-corrected chi connectivity index (χ2v) is 8.67. The summed E-state index contributed by atoms with van der Waals surface area (Å²) in [6.45, 7) is 3.59. The molecule has 1 N–H and O–H groups in total. The zero-order valence-corrected chi connectivity index (χ0v) is 22.1. The smallest absolute Gasteiger partial charge is 0.247 e. The van der Waals surface area contributed by atoms with E-state index in [0.29, 0.717) is 54.4 Å². The summed E-state index contributed by atoms with van der Waals surface area (Å²) in [6.07, 6.45) is 0.682. The predicted molar refractivity (Wildman–Crippen MR) is 144 cm³/mol. The van der Waals surface area contributed by atoms with Crippen LogP contribution in [0.15, 0.2) is 72.8 Å². The topological polar surface area (TPSA) is 77.1 Å². The molecule has 0 aromatic heterocycles. The minimum Gasteiger partial charge on any atom is -0.493 e. The Morgan fingerprint density at radius 1 is 0.921 bits per heavy atom. The molecule has 0 saturated heterocycles. The van der Waals surface area contributed by atoms with E-state index < -0.39 is 6.04 Å². The van der Waals surface area contributed by atoms with Crippen LogP contribution in [-0.2, 0) is 27.3 Å². The standard InChI is InChI=1S/C30H35FN2O5/c1-4-38-18-8-17-32-30(35)29(24-9-6-5-7-10-24)33(21-22-11-14-25(31)15-12-22)28(34)20-23-13-16-26(36-2)27(19-23)37-3/h5-7,9-16,19,29H,4,8,17-18,20-21H2,1-3H3,(H,32,35)/t29-/m1/s1. The quantitative estimate of drug-likeness (QED) is 0.311. The van der Waals surface area contributed by atoms with Crippen molar-refractivity contribution in [3.63, 3.8) is 0 Å². The van der Waals surface area contributed by atoms with Crippen LogP contribution in [-0.4, -0.2) is 50.7 Å². The van der Waals surface area contributed by atoms with E-state index in [-0.39, 0.29) is 30.6 Å². The van der Waals surface area contributed by atoms with Gasteiger partial charge in [0.05, 0.1) is 20.6 Å². The second-order valence-electron chi connectivity index (χ2n) is 8.67. The van der Waals surface area contributed by atoms with E-state index in [1.807, 2.05) is 37.3 Å². The van der Waals surface area contributed by atoms with E-state index in [2.05, 4.69) is 5.32 Å². The molecule has 0 heterocycles. The van der Waals surface area contributed by atoms with E-state index in [0.717, 1.165) is 0 Å². The van der Waals surface area contributed by atoms with Crippen molar-refractivity contribution in [1.29, 1.82) is 0 Å². The highest BCUT2D eigenvalue weighted by Crippen LogP contribution is 2.29. The molecule has 0 aliphatic rings. The van der Waals surface area contributed by atoms with Gasteiger partial charge in [-0.05, 0) is 54.3 Å². The molecule has 1 atom stereocenters. The molecule has 3 aromatic carbocycles. The summed E-state index contributed by atoms with van der Waals surface area (Å²) < 4.78 is 29.7. The van der Waals surface area contributed by atoms with E-state index in [1.165, 1.54) is 24.1 Å². The third-order valence-electron chi connectivity index (χ3n) is 6.03. The fourth-order valence-electron chi connectivity index (χ4n) is 4.11. The molecule has 0 spiro atoms. The summed E-state index contributed by atoms with van der Waals surface area (Å²) in [5, 5.41) is 2.96. The number of nitrogens with one attached hydrogen (secondary N) is 1. The summed E-state index contributed by atoms with van der Waals surface area (Å²) >= 11 is 0.